The number of hydrogen-bond acceptors (Lipinski definition) is 4. The summed E-state index contributed by atoms with van der Waals surface area (Å²) >= 11 is 1.54. The number of aromatic nitrogens is 1. The minimum atomic E-state index is -0.0657. The Balaban J connectivity index is 1.48. The zero-order valence-corrected chi connectivity index (χ0v) is 15.1. The van der Waals surface area contributed by atoms with Crippen LogP contribution in [0.5, 0.6) is 11.5 Å². The first kappa shape index (κ1) is 16.0. The molecule has 1 amide bonds. The number of hydrogen-bond donors (Lipinski definition) is 1. The number of fused-ring (bicyclic) bond motifs is 1. The van der Waals surface area contributed by atoms with Crippen LogP contribution in [0.2, 0.25) is 0 Å². The van der Waals surface area contributed by atoms with E-state index in [1.54, 1.807) is 14.2 Å². The fourth-order valence-corrected chi connectivity index (χ4v) is 4.00. The molecular formula is C19H20N2O3S. The molecule has 0 aliphatic heterocycles. The van der Waals surface area contributed by atoms with E-state index in [1.165, 1.54) is 24.2 Å². The summed E-state index contributed by atoms with van der Waals surface area (Å²) in [5, 5.41) is 4.11. The van der Waals surface area contributed by atoms with Crippen LogP contribution in [0.25, 0.3) is 10.1 Å². The standard InChI is InChI=1S/C19H20N2O3S/c1-23-15-5-3-4-12(18(15)24-2)9-20-19(22)16-8-13-10-21(14-6-7-14)11-17(13)25-16/h3-5,8,10-11,14H,6-7,9H2,1-2H3,(H,20,22). The normalized spacial score (nSPS) is 13.8. The first-order valence-electron chi connectivity index (χ1n) is 8.28. The van der Waals surface area contributed by atoms with Gasteiger partial charge in [-0.3, -0.25) is 4.79 Å². The Morgan fingerprint density at radius 3 is 2.80 bits per heavy atom. The molecule has 2 heterocycles. The van der Waals surface area contributed by atoms with Crippen molar-refractivity contribution < 1.29 is 14.3 Å². The van der Waals surface area contributed by atoms with Crippen LogP contribution in [0.15, 0.2) is 36.7 Å². The summed E-state index contributed by atoms with van der Waals surface area (Å²) < 4.78 is 14.1. The van der Waals surface area contributed by atoms with Crippen molar-refractivity contribution in [2.75, 3.05) is 14.2 Å². The molecule has 5 nitrogen and oxygen atoms in total. The second-order valence-corrected chi connectivity index (χ2v) is 7.29. The van der Waals surface area contributed by atoms with Crippen LogP contribution in [0, 0.1) is 0 Å². The van der Waals surface area contributed by atoms with Gasteiger partial charge in [-0.05, 0) is 25.0 Å². The van der Waals surface area contributed by atoms with Gasteiger partial charge >= 0.3 is 0 Å². The first-order chi connectivity index (χ1) is 12.2. The van der Waals surface area contributed by atoms with Gasteiger partial charge in [-0.25, -0.2) is 0 Å². The molecule has 130 valence electrons. The van der Waals surface area contributed by atoms with Gasteiger partial charge in [0, 0.05) is 35.9 Å². The number of carbonyl (C=O) groups is 1. The lowest BCUT2D eigenvalue weighted by Crippen LogP contribution is -2.22. The van der Waals surface area contributed by atoms with Gasteiger partial charge < -0.3 is 19.4 Å². The molecule has 1 saturated carbocycles. The number of nitrogens with one attached hydrogen (secondary N) is 1. The fourth-order valence-electron chi connectivity index (χ4n) is 3.01. The van der Waals surface area contributed by atoms with E-state index in [4.69, 9.17) is 9.47 Å². The van der Waals surface area contributed by atoms with Crippen molar-refractivity contribution in [2.45, 2.75) is 25.4 Å². The fraction of sp³-hybridized carbons (Fsp3) is 0.316. The summed E-state index contributed by atoms with van der Waals surface area (Å²) in [5.74, 6) is 1.25. The highest BCUT2D eigenvalue weighted by molar-refractivity contribution is 7.20. The summed E-state index contributed by atoms with van der Waals surface area (Å²) in [7, 11) is 3.20. The molecule has 0 radical (unpaired) electrons. The minimum Gasteiger partial charge on any atom is -0.493 e. The van der Waals surface area contributed by atoms with Crippen LogP contribution >= 0.6 is 11.3 Å². The van der Waals surface area contributed by atoms with Gasteiger partial charge in [0.2, 0.25) is 0 Å². The summed E-state index contributed by atoms with van der Waals surface area (Å²) in [6.45, 7) is 0.392. The summed E-state index contributed by atoms with van der Waals surface area (Å²) in [4.78, 5) is 13.2. The molecule has 1 aliphatic carbocycles. The molecule has 25 heavy (non-hydrogen) atoms. The molecule has 4 rings (SSSR count). The van der Waals surface area contributed by atoms with Gasteiger partial charge in [0.15, 0.2) is 11.5 Å². The molecule has 1 fully saturated rings. The predicted octanol–water partition coefficient (Wildman–Crippen LogP) is 3.98. The van der Waals surface area contributed by atoms with E-state index in [2.05, 4.69) is 22.3 Å². The number of carbonyl (C=O) groups excluding carboxylic acids is 1. The molecule has 2 aromatic heterocycles. The molecule has 1 aromatic carbocycles. The summed E-state index contributed by atoms with van der Waals surface area (Å²) in [6, 6.07) is 8.28. The lowest BCUT2D eigenvalue weighted by atomic mass is 10.2. The van der Waals surface area contributed by atoms with E-state index in [1.807, 2.05) is 24.3 Å². The third-order valence-electron chi connectivity index (χ3n) is 4.46. The number of rotatable bonds is 6. The van der Waals surface area contributed by atoms with E-state index < -0.39 is 0 Å². The Labute approximate surface area is 150 Å². The average molecular weight is 356 g/mol. The number of ether oxygens (including phenoxy) is 2. The van der Waals surface area contributed by atoms with Crippen molar-refractivity contribution in [1.82, 2.24) is 9.88 Å². The lowest BCUT2D eigenvalue weighted by Gasteiger charge is -2.12. The molecule has 0 saturated heterocycles. The van der Waals surface area contributed by atoms with Crippen LogP contribution in [0.1, 0.15) is 34.1 Å². The molecular weight excluding hydrogens is 336 g/mol. The molecule has 0 unspecified atom stereocenters. The first-order valence-corrected chi connectivity index (χ1v) is 9.10. The molecule has 0 spiro atoms. The maximum atomic E-state index is 12.5. The molecule has 0 bridgehead atoms. The summed E-state index contributed by atoms with van der Waals surface area (Å²) in [5.41, 5.74) is 0.886. The van der Waals surface area contributed by atoms with Crippen molar-refractivity contribution in [3.63, 3.8) is 0 Å². The molecule has 1 aliphatic rings. The highest BCUT2D eigenvalue weighted by Crippen LogP contribution is 2.38. The van der Waals surface area contributed by atoms with Gasteiger partial charge in [-0.1, -0.05) is 12.1 Å². The minimum absolute atomic E-state index is 0.0657. The van der Waals surface area contributed by atoms with E-state index in [-0.39, 0.29) is 5.91 Å². The quantitative estimate of drug-likeness (QED) is 0.727. The Kier molecular flexibility index (Phi) is 4.13. The van der Waals surface area contributed by atoms with E-state index in [0.29, 0.717) is 24.1 Å². The number of thiophene rings is 1. The summed E-state index contributed by atoms with van der Waals surface area (Å²) in [6.07, 6.45) is 6.82. The number of benzene rings is 1. The van der Waals surface area contributed by atoms with E-state index in [0.717, 1.165) is 20.5 Å². The lowest BCUT2D eigenvalue weighted by molar-refractivity contribution is 0.0954. The third-order valence-corrected chi connectivity index (χ3v) is 5.55. The van der Waals surface area contributed by atoms with E-state index >= 15 is 0 Å². The Bertz CT molecular complexity index is 893. The van der Waals surface area contributed by atoms with Gasteiger partial charge in [0.25, 0.3) is 5.91 Å². The van der Waals surface area contributed by atoms with Crippen molar-refractivity contribution in [1.29, 1.82) is 0 Å². The van der Waals surface area contributed by atoms with E-state index in [9.17, 15) is 4.79 Å². The largest absolute Gasteiger partial charge is 0.493 e. The number of nitrogens with zero attached hydrogens (tertiary/aromatic N) is 1. The molecule has 0 atom stereocenters. The highest BCUT2D eigenvalue weighted by atomic mass is 32.1. The van der Waals surface area contributed by atoms with Crippen LogP contribution < -0.4 is 14.8 Å². The zero-order valence-electron chi connectivity index (χ0n) is 14.2. The monoisotopic (exact) mass is 356 g/mol. The Hall–Kier alpha value is -2.47. The van der Waals surface area contributed by atoms with Crippen molar-refractivity contribution in [2.24, 2.45) is 0 Å². The Morgan fingerprint density at radius 2 is 2.12 bits per heavy atom. The average Bonchev–Trinajstić information content (AvgIpc) is 3.28. The molecule has 6 heteroatoms. The number of para-hydroxylation sites is 1. The van der Waals surface area contributed by atoms with Gasteiger partial charge in [-0.2, -0.15) is 0 Å². The third kappa shape index (κ3) is 3.09. The second-order valence-electron chi connectivity index (χ2n) is 6.20. The molecule has 1 N–H and O–H groups in total. The SMILES string of the molecule is COc1cccc(CNC(=O)c2cc3cn(C4CC4)cc3s2)c1OC. The van der Waals surface area contributed by atoms with Crippen molar-refractivity contribution in [3.8, 4) is 11.5 Å². The topological polar surface area (TPSA) is 52.5 Å². The van der Waals surface area contributed by atoms with Crippen molar-refractivity contribution in [3.05, 3.63) is 47.1 Å². The van der Waals surface area contributed by atoms with Crippen LogP contribution in [-0.4, -0.2) is 24.7 Å². The zero-order chi connectivity index (χ0) is 17.4. The van der Waals surface area contributed by atoms with Crippen molar-refractivity contribution >= 4 is 27.3 Å². The van der Waals surface area contributed by atoms with Gasteiger partial charge in [0.05, 0.1) is 23.8 Å². The molecule has 3 aromatic rings. The Morgan fingerprint density at radius 1 is 1.28 bits per heavy atom. The maximum absolute atomic E-state index is 12.5. The number of methoxy groups -OCH3 is 2. The van der Waals surface area contributed by atoms with Crippen LogP contribution in [0.4, 0.5) is 0 Å². The second kappa shape index (κ2) is 6.44. The van der Waals surface area contributed by atoms with Crippen LogP contribution in [0.3, 0.4) is 0 Å². The smallest absolute Gasteiger partial charge is 0.261 e. The highest BCUT2D eigenvalue weighted by Gasteiger charge is 2.24. The van der Waals surface area contributed by atoms with Crippen LogP contribution in [-0.2, 0) is 6.54 Å². The van der Waals surface area contributed by atoms with Gasteiger partial charge in [-0.15, -0.1) is 11.3 Å². The number of amides is 1. The maximum Gasteiger partial charge on any atom is 0.261 e. The van der Waals surface area contributed by atoms with Gasteiger partial charge in [0.1, 0.15) is 0 Å². The predicted molar refractivity (Wildman–Crippen MR) is 98.8 cm³/mol.